The van der Waals surface area contributed by atoms with Crippen LogP contribution < -0.4 is 0 Å². The summed E-state index contributed by atoms with van der Waals surface area (Å²) in [6.07, 6.45) is 0. The Morgan fingerprint density at radius 1 is 1.62 bits per heavy atom. The molecule has 1 heterocycles. The fourth-order valence-corrected chi connectivity index (χ4v) is 1.82. The number of rotatable bonds is 2. The van der Waals surface area contributed by atoms with Gasteiger partial charge in [-0.05, 0) is 38.8 Å². The molecule has 4 nitrogen and oxygen atoms in total. The molecule has 0 fully saturated rings. The Bertz CT molecular complexity index is 335. The number of carbonyl (C=O) groups excluding carboxylic acids is 1. The molecule has 0 aliphatic heterocycles. The highest BCUT2D eigenvalue weighted by Crippen LogP contribution is 2.23. The lowest BCUT2D eigenvalue weighted by Gasteiger charge is -2.03. The predicted molar refractivity (Wildman–Crippen MR) is 54.4 cm³/mol. The third kappa shape index (κ3) is 2.31. The number of hydrogen-bond donors (Lipinski definition) is 0. The lowest BCUT2D eigenvalue weighted by Crippen LogP contribution is -2.12. The zero-order valence-corrected chi connectivity index (χ0v) is 10.3. The zero-order valence-electron chi connectivity index (χ0n) is 7.17. The summed E-state index contributed by atoms with van der Waals surface area (Å²) in [5.74, 6) is 0.456. The van der Waals surface area contributed by atoms with Crippen LogP contribution in [-0.2, 0) is 16.1 Å². The van der Waals surface area contributed by atoms with Gasteiger partial charge in [-0.15, -0.1) is 0 Å². The van der Waals surface area contributed by atoms with Gasteiger partial charge in [0.1, 0.15) is 21.6 Å². The van der Waals surface area contributed by atoms with Crippen LogP contribution in [0.3, 0.4) is 0 Å². The minimum Gasteiger partial charge on any atom is -0.468 e. The summed E-state index contributed by atoms with van der Waals surface area (Å²) in [7, 11) is 1.36. The number of imidazole rings is 1. The summed E-state index contributed by atoms with van der Waals surface area (Å²) in [5.41, 5.74) is 0. The van der Waals surface area contributed by atoms with Crippen molar-refractivity contribution in [2.45, 2.75) is 13.5 Å². The van der Waals surface area contributed by atoms with Crippen LogP contribution in [0.5, 0.6) is 0 Å². The molecule has 72 valence electrons. The third-order valence-corrected chi connectivity index (χ3v) is 3.46. The van der Waals surface area contributed by atoms with Crippen molar-refractivity contribution in [2.24, 2.45) is 0 Å². The van der Waals surface area contributed by atoms with E-state index in [1.165, 1.54) is 7.11 Å². The van der Waals surface area contributed by atoms with Gasteiger partial charge in [0.05, 0.1) is 7.11 Å². The highest BCUT2D eigenvalue weighted by atomic mass is 79.9. The summed E-state index contributed by atoms with van der Waals surface area (Å²) in [4.78, 5) is 15.1. The topological polar surface area (TPSA) is 44.1 Å². The van der Waals surface area contributed by atoms with E-state index in [0.717, 1.165) is 10.4 Å². The maximum Gasteiger partial charge on any atom is 0.325 e. The van der Waals surface area contributed by atoms with Gasteiger partial charge in [-0.1, -0.05) is 0 Å². The first-order valence-electron chi connectivity index (χ1n) is 3.51. The second-order valence-electron chi connectivity index (χ2n) is 2.40. The van der Waals surface area contributed by atoms with E-state index in [4.69, 9.17) is 0 Å². The number of aromatic nitrogens is 2. The van der Waals surface area contributed by atoms with E-state index >= 15 is 0 Å². The van der Waals surface area contributed by atoms with Gasteiger partial charge in [0.25, 0.3) is 0 Å². The molecular formula is C7H8Br2N2O2. The number of aryl methyl sites for hydroxylation is 1. The Morgan fingerprint density at radius 2 is 2.23 bits per heavy atom. The standard InChI is InChI=1S/C7H8Br2N2O2/c1-4-10-6(8)7(9)11(4)3-5(12)13-2/h3H2,1-2H3. The van der Waals surface area contributed by atoms with Gasteiger partial charge in [-0.2, -0.15) is 0 Å². The van der Waals surface area contributed by atoms with Gasteiger partial charge in [-0.25, -0.2) is 4.98 Å². The van der Waals surface area contributed by atoms with Gasteiger partial charge < -0.3 is 9.30 Å². The van der Waals surface area contributed by atoms with Crippen molar-refractivity contribution in [1.82, 2.24) is 9.55 Å². The molecule has 0 unspecified atom stereocenters. The molecule has 1 rings (SSSR count). The maximum absolute atomic E-state index is 11.0. The molecule has 0 bridgehead atoms. The number of hydrogen-bond acceptors (Lipinski definition) is 3. The van der Waals surface area contributed by atoms with E-state index in [1.54, 1.807) is 4.57 Å². The molecular weight excluding hydrogens is 304 g/mol. The van der Waals surface area contributed by atoms with Crippen LogP contribution in [0.4, 0.5) is 0 Å². The van der Waals surface area contributed by atoms with Gasteiger partial charge in [0.15, 0.2) is 0 Å². The molecule has 13 heavy (non-hydrogen) atoms. The summed E-state index contributed by atoms with van der Waals surface area (Å²) in [6.45, 7) is 1.99. The average Bonchev–Trinajstić information content (AvgIpc) is 2.32. The van der Waals surface area contributed by atoms with Crippen molar-refractivity contribution in [3.05, 3.63) is 15.0 Å². The van der Waals surface area contributed by atoms with Crippen LogP contribution >= 0.6 is 31.9 Å². The van der Waals surface area contributed by atoms with Gasteiger partial charge in [0, 0.05) is 0 Å². The van der Waals surface area contributed by atoms with Crippen molar-refractivity contribution in [1.29, 1.82) is 0 Å². The van der Waals surface area contributed by atoms with Crippen LogP contribution in [0, 0.1) is 6.92 Å². The number of ether oxygens (including phenoxy) is 1. The lowest BCUT2D eigenvalue weighted by molar-refractivity contribution is -0.141. The van der Waals surface area contributed by atoms with Crippen molar-refractivity contribution in [2.75, 3.05) is 7.11 Å². The molecule has 1 aromatic heterocycles. The Balaban J connectivity index is 2.94. The Morgan fingerprint density at radius 3 is 2.62 bits per heavy atom. The van der Waals surface area contributed by atoms with E-state index in [1.807, 2.05) is 6.92 Å². The minimum absolute atomic E-state index is 0.168. The third-order valence-electron chi connectivity index (χ3n) is 1.57. The van der Waals surface area contributed by atoms with E-state index in [-0.39, 0.29) is 12.5 Å². The average molecular weight is 312 g/mol. The smallest absolute Gasteiger partial charge is 0.325 e. The van der Waals surface area contributed by atoms with E-state index in [0.29, 0.717) is 4.60 Å². The largest absolute Gasteiger partial charge is 0.468 e. The molecule has 0 radical (unpaired) electrons. The predicted octanol–water partition coefficient (Wildman–Crippen LogP) is 1.89. The number of halogens is 2. The number of esters is 1. The van der Waals surface area contributed by atoms with Crippen LogP contribution in [0.15, 0.2) is 9.21 Å². The van der Waals surface area contributed by atoms with Gasteiger partial charge in [-0.3, -0.25) is 4.79 Å². The normalized spacial score (nSPS) is 10.2. The van der Waals surface area contributed by atoms with E-state index in [9.17, 15) is 4.79 Å². The molecule has 0 saturated heterocycles. The summed E-state index contributed by atoms with van der Waals surface area (Å²) < 4.78 is 7.70. The van der Waals surface area contributed by atoms with Crippen LogP contribution in [0.25, 0.3) is 0 Å². The summed E-state index contributed by atoms with van der Waals surface area (Å²) >= 11 is 6.55. The zero-order chi connectivity index (χ0) is 10.0. The van der Waals surface area contributed by atoms with E-state index in [2.05, 4.69) is 41.6 Å². The summed E-state index contributed by atoms with van der Waals surface area (Å²) in [6, 6.07) is 0. The number of methoxy groups -OCH3 is 1. The SMILES string of the molecule is COC(=O)Cn1c(C)nc(Br)c1Br. The van der Waals surface area contributed by atoms with Gasteiger partial charge >= 0.3 is 5.97 Å². The van der Waals surface area contributed by atoms with Crippen molar-refractivity contribution in [3.63, 3.8) is 0 Å². The van der Waals surface area contributed by atoms with Crippen molar-refractivity contribution >= 4 is 37.8 Å². The molecule has 0 N–H and O–H groups in total. The fraction of sp³-hybridized carbons (Fsp3) is 0.429. The minimum atomic E-state index is -0.297. The lowest BCUT2D eigenvalue weighted by atomic mass is 10.6. The quantitative estimate of drug-likeness (QED) is 0.784. The first-order chi connectivity index (χ1) is 6.06. The number of carbonyl (C=O) groups is 1. The molecule has 6 heteroatoms. The molecule has 0 aliphatic carbocycles. The Labute approximate surface area is 92.5 Å². The molecule has 0 saturated carbocycles. The first-order valence-corrected chi connectivity index (χ1v) is 5.09. The number of nitrogens with zero attached hydrogens (tertiary/aromatic N) is 2. The van der Waals surface area contributed by atoms with Gasteiger partial charge in [0.2, 0.25) is 0 Å². The highest BCUT2D eigenvalue weighted by Gasteiger charge is 2.12. The monoisotopic (exact) mass is 310 g/mol. The summed E-state index contributed by atoms with van der Waals surface area (Å²) in [5, 5.41) is 0. The molecule has 0 spiro atoms. The molecule has 0 atom stereocenters. The van der Waals surface area contributed by atoms with Crippen molar-refractivity contribution in [3.8, 4) is 0 Å². The molecule has 1 aromatic rings. The second kappa shape index (κ2) is 4.23. The van der Waals surface area contributed by atoms with Crippen LogP contribution in [-0.4, -0.2) is 22.6 Å². The Hall–Kier alpha value is -0.360. The fourth-order valence-electron chi connectivity index (χ4n) is 0.879. The van der Waals surface area contributed by atoms with E-state index < -0.39 is 0 Å². The Kier molecular flexibility index (Phi) is 3.49. The van der Waals surface area contributed by atoms with Crippen molar-refractivity contribution < 1.29 is 9.53 Å². The molecule has 0 amide bonds. The van der Waals surface area contributed by atoms with Crippen LogP contribution in [0.2, 0.25) is 0 Å². The second-order valence-corrected chi connectivity index (χ2v) is 3.91. The first kappa shape index (κ1) is 10.7. The maximum atomic E-state index is 11.0. The molecule has 0 aromatic carbocycles. The molecule has 0 aliphatic rings. The highest BCUT2D eigenvalue weighted by molar-refractivity contribution is 9.13. The van der Waals surface area contributed by atoms with Crippen LogP contribution in [0.1, 0.15) is 5.82 Å².